The van der Waals surface area contributed by atoms with Gasteiger partial charge in [-0.05, 0) is 64.7 Å². The number of hydrogen-bond donors (Lipinski definition) is 2. The van der Waals surface area contributed by atoms with Crippen molar-refractivity contribution in [2.24, 2.45) is 0 Å². The Morgan fingerprint density at radius 2 is 2.12 bits per heavy atom. The largest absolute Gasteiger partial charge is 0.441 e. The van der Waals surface area contributed by atoms with Crippen LogP contribution in [0.3, 0.4) is 0 Å². The second-order valence-corrected chi connectivity index (χ2v) is 7.47. The molecule has 25 heavy (non-hydrogen) atoms. The highest BCUT2D eigenvalue weighted by molar-refractivity contribution is 5.97. The lowest BCUT2D eigenvalue weighted by Crippen LogP contribution is -2.33. The number of aryl methyl sites for hydroxylation is 1. The fourth-order valence-corrected chi connectivity index (χ4v) is 2.77. The second kappa shape index (κ2) is 8.48. The summed E-state index contributed by atoms with van der Waals surface area (Å²) in [4.78, 5) is 16.9. The number of fused-ring (bicyclic) bond motifs is 1. The Bertz CT molecular complexity index is 701. The maximum atomic E-state index is 12.4. The quantitative estimate of drug-likeness (QED) is 0.712. The van der Waals surface area contributed by atoms with Gasteiger partial charge in [0.15, 0.2) is 11.5 Å². The van der Waals surface area contributed by atoms with Gasteiger partial charge < -0.3 is 14.8 Å². The van der Waals surface area contributed by atoms with Crippen molar-refractivity contribution >= 4 is 17.0 Å². The van der Waals surface area contributed by atoms with E-state index in [0.717, 1.165) is 55.5 Å². The van der Waals surface area contributed by atoms with E-state index < -0.39 is 5.60 Å². The van der Waals surface area contributed by atoms with Crippen LogP contribution in [-0.4, -0.2) is 27.6 Å². The van der Waals surface area contributed by atoms with Crippen molar-refractivity contribution < 1.29 is 14.3 Å². The lowest BCUT2D eigenvalue weighted by molar-refractivity contribution is 0.0674. The molecule has 0 aliphatic carbocycles. The zero-order chi connectivity index (χ0) is 18.4. The molecule has 5 heteroatoms. The number of carbonyl (C=O) groups excluding carboxylic acids is 1. The van der Waals surface area contributed by atoms with Crippen molar-refractivity contribution in [1.29, 1.82) is 0 Å². The van der Waals surface area contributed by atoms with Gasteiger partial charge in [0.1, 0.15) is 5.52 Å². The first-order valence-electron chi connectivity index (χ1n) is 9.21. The summed E-state index contributed by atoms with van der Waals surface area (Å²) in [6, 6.07) is 5.43. The zero-order valence-electron chi connectivity index (χ0n) is 15.8. The minimum atomic E-state index is -0.656. The molecule has 2 aromatic rings. The molecule has 2 rings (SSSR count). The summed E-state index contributed by atoms with van der Waals surface area (Å²) in [5.41, 5.74) is 1.39. The van der Waals surface area contributed by atoms with Crippen LogP contribution in [0.15, 0.2) is 22.6 Å². The van der Waals surface area contributed by atoms with E-state index in [0.29, 0.717) is 5.56 Å². The highest BCUT2D eigenvalue weighted by atomic mass is 16.3. The molecule has 138 valence electrons. The molecule has 2 N–H and O–H groups in total. The number of aromatic nitrogens is 1. The number of rotatable bonds is 9. The molecule has 1 amide bonds. The van der Waals surface area contributed by atoms with Gasteiger partial charge in [-0.1, -0.05) is 13.3 Å². The van der Waals surface area contributed by atoms with Crippen molar-refractivity contribution in [3.8, 4) is 0 Å². The number of aliphatic hydroxyl groups is 1. The number of amides is 1. The summed E-state index contributed by atoms with van der Waals surface area (Å²) in [6.07, 6.45) is 5.39. The van der Waals surface area contributed by atoms with E-state index in [2.05, 4.69) is 17.2 Å². The van der Waals surface area contributed by atoms with Gasteiger partial charge in [-0.2, -0.15) is 0 Å². The van der Waals surface area contributed by atoms with Crippen molar-refractivity contribution in [3.05, 3.63) is 29.7 Å². The van der Waals surface area contributed by atoms with Gasteiger partial charge in [-0.3, -0.25) is 4.79 Å². The van der Waals surface area contributed by atoms with E-state index in [1.165, 1.54) is 0 Å². The van der Waals surface area contributed by atoms with E-state index in [9.17, 15) is 9.90 Å². The third-order valence-corrected chi connectivity index (χ3v) is 4.24. The van der Waals surface area contributed by atoms with E-state index >= 15 is 0 Å². The molecule has 0 spiro atoms. The fraction of sp³-hybridized carbons (Fsp3) is 0.600. The molecular weight excluding hydrogens is 316 g/mol. The Morgan fingerprint density at radius 1 is 1.36 bits per heavy atom. The first-order chi connectivity index (χ1) is 11.8. The number of unbranched alkanes of at least 4 members (excludes halogenated alkanes) is 1. The van der Waals surface area contributed by atoms with Crippen LogP contribution in [0.4, 0.5) is 0 Å². The SMILES string of the molecule is CCCCc1nc2cc(C(=O)N[C@H](C)CCCC(C)(C)O)ccc2o1. The molecule has 5 nitrogen and oxygen atoms in total. The standard InChI is InChI=1S/C20H30N2O3/c1-5-6-9-18-22-16-13-15(10-11-17(16)25-18)19(23)21-14(2)8-7-12-20(3,4)24/h10-11,13-14,24H,5-9,12H2,1-4H3,(H,21,23)/t14-/m1/s1. The summed E-state index contributed by atoms with van der Waals surface area (Å²) >= 11 is 0. The number of hydrogen-bond acceptors (Lipinski definition) is 4. The summed E-state index contributed by atoms with van der Waals surface area (Å²) < 4.78 is 5.70. The summed E-state index contributed by atoms with van der Waals surface area (Å²) in [7, 11) is 0. The van der Waals surface area contributed by atoms with E-state index in [1.54, 1.807) is 26.0 Å². The van der Waals surface area contributed by atoms with E-state index in [4.69, 9.17) is 4.42 Å². The smallest absolute Gasteiger partial charge is 0.251 e. The monoisotopic (exact) mass is 346 g/mol. The van der Waals surface area contributed by atoms with Crippen LogP contribution >= 0.6 is 0 Å². The van der Waals surface area contributed by atoms with E-state index in [-0.39, 0.29) is 11.9 Å². The van der Waals surface area contributed by atoms with Gasteiger partial charge in [0.05, 0.1) is 5.60 Å². The second-order valence-electron chi connectivity index (χ2n) is 7.47. The summed E-state index contributed by atoms with van der Waals surface area (Å²) in [5, 5.41) is 12.8. The van der Waals surface area contributed by atoms with Gasteiger partial charge >= 0.3 is 0 Å². The lowest BCUT2D eigenvalue weighted by Gasteiger charge is -2.19. The Hall–Kier alpha value is -1.88. The molecule has 0 radical (unpaired) electrons. The van der Waals surface area contributed by atoms with Gasteiger partial charge in [0.2, 0.25) is 0 Å². The van der Waals surface area contributed by atoms with Crippen LogP contribution in [-0.2, 0) is 6.42 Å². The van der Waals surface area contributed by atoms with Crippen molar-refractivity contribution in [1.82, 2.24) is 10.3 Å². The molecule has 0 aliphatic heterocycles. The van der Waals surface area contributed by atoms with Crippen molar-refractivity contribution in [2.75, 3.05) is 0 Å². The lowest BCUT2D eigenvalue weighted by atomic mass is 9.99. The molecule has 0 bridgehead atoms. The predicted molar refractivity (Wildman–Crippen MR) is 99.7 cm³/mol. The van der Waals surface area contributed by atoms with Gasteiger partial charge in [-0.15, -0.1) is 0 Å². The third-order valence-electron chi connectivity index (χ3n) is 4.24. The highest BCUT2D eigenvalue weighted by Crippen LogP contribution is 2.19. The van der Waals surface area contributed by atoms with Crippen LogP contribution in [0, 0.1) is 0 Å². The van der Waals surface area contributed by atoms with Crippen LogP contribution < -0.4 is 5.32 Å². The molecule has 0 saturated carbocycles. The molecule has 0 saturated heterocycles. The topological polar surface area (TPSA) is 75.4 Å². The number of nitrogens with one attached hydrogen (secondary N) is 1. The highest BCUT2D eigenvalue weighted by Gasteiger charge is 2.15. The van der Waals surface area contributed by atoms with Crippen LogP contribution in [0.25, 0.3) is 11.1 Å². The first-order valence-corrected chi connectivity index (χ1v) is 9.21. The molecule has 1 atom stereocenters. The van der Waals surface area contributed by atoms with Crippen LogP contribution in [0.5, 0.6) is 0 Å². The number of benzene rings is 1. The van der Waals surface area contributed by atoms with Crippen molar-refractivity contribution in [3.63, 3.8) is 0 Å². The Morgan fingerprint density at radius 3 is 2.80 bits per heavy atom. The molecular formula is C20H30N2O3. The number of carbonyl (C=O) groups is 1. The molecule has 1 aromatic heterocycles. The minimum absolute atomic E-state index is 0.0583. The van der Waals surface area contributed by atoms with Gasteiger partial charge in [-0.25, -0.2) is 4.98 Å². The first kappa shape index (κ1) is 19.4. The maximum absolute atomic E-state index is 12.4. The Labute approximate surface area is 149 Å². The van der Waals surface area contributed by atoms with Crippen LogP contribution in [0.2, 0.25) is 0 Å². The van der Waals surface area contributed by atoms with E-state index in [1.807, 2.05) is 13.0 Å². The molecule has 1 aromatic carbocycles. The maximum Gasteiger partial charge on any atom is 0.251 e. The fourth-order valence-electron chi connectivity index (χ4n) is 2.77. The van der Waals surface area contributed by atoms with Gasteiger partial charge in [0.25, 0.3) is 5.91 Å². The van der Waals surface area contributed by atoms with Crippen LogP contribution in [0.1, 0.15) is 76.0 Å². The molecule has 0 fully saturated rings. The predicted octanol–water partition coefficient (Wildman–Crippen LogP) is 4.23. The molecule has 0 aliphatic rings. The third kappa shape index (κ3) is 6.16. The number of nitrogens with zero attached hydrogens (tertiary/aromatic N) is 1. The number of oxazole rings is 1. The zero-order valence-corrected chi connectivity index (χ0v) is 15.8. The average Bonchev–Trinajstić information content (AvgIpc) is 2.93. The average molecular weight is 346 g/mol. The molecule has 1 heterocycles. The summed E-state index contributed by atoms with van der Waals surface area (Å²) in [5.74, 6) is 0.630. The normalized spacial score (nSPS) is 13.2. The molecule has 0 unspecified atom stereocenters. The minimum Gasteiger partial charge on any atom is -0.441 e. The Balaban J connectivity index is 1.94. The Kier molecular flexibility index (Phi) is 6.59. The summed E-state index contributed by atoms with van der Waals surface area (Å²) in [6.45, 7) is 7.73. The van der Waals surface area contributed by atoms with Gasteiger partial charge in [0, 0.05) is 18.0 Å². The van der Waals surface area contributed by atoms with Crippen molar-refractivity contribution in [2.45, 2.75) is 77.9 Å².